The van der Waals surface area contributed by atoms with E-state index in [2.05, 4.69) is 5.32 Å². The Labute approximate surface area is 188 Å². The Hall–Kier alpha value is -2.29. The molecule has 0 bridgehead atoms. The third-order valence-corrected chi connectivity index (χ3v) is 7.75. The second-order valence-corrected chi connectivity index (χ2v) is 9.82. The summed E-state index contributed by atoms with van der Waals surface area (Å²) in [5.74, 6) is 0.885. The van der Waals surface area contributed by atoms with E-state index in [4.69, 9.17) is 21.1 Å². The molecule has 0 spiro atoms. The molecule has 1 atom stereocenters. The van der Waals surface area contributed by atoms with Crippen LogP contribution >= 0.6 is 11.6 Å². The lowest BCUT2D eigenvalue weighted by atomic mass is 9.96. The number of carbonyl (C=O) groups is 1. The van der Waals surface area contributed by atoms with Gasteiger partial charge in [-0.15, -0.1) is 0 Å². The highest BCUT2D eigenvalue weighted by atomic mass is 35.5. The van der Waals surface area contributed by atoms with Crippen LogP contribution in [-0.2, 0) is 14.8 Å². The average molecular weight is 467 g/mol. The highest BCUT2D eigenvalue weighted by molar-refractivity contribution is 7.89. The molecule has 1 unspecified atom stereocenters. The summed E-state index contributed by atoms with van der Waals surface area (Å²) in [4.78, 5) is 12.8. The summed E-state index contributed by atoms with van der Waals surface area (Å²) in [6.45, 7) is 2.48. The van der Waals surface area contributed by atoms with Crippen LogP contribution in [0.1, 0.15) is 31.4 Å². The van der Waals surface area contributed by atoms with Gasteiger partial charge in [0, 0.05) is 19.0 Å². The lowest BCUT2D eigenvalue weighted by Crippen LogP contribution is -2.43. The Morgan fingerprint density at radius 1 is 1.10 bits per heavy atom. The molecular weight excluding hydrogens is 440 g/mol. The number of methoxy groups -OCH3 is 2. The molecule has 1 fully saturated rings. The summed E-state index contributed by atoms with van der Waals surface area (Å²) in [5, 5.41) is 3.27. The van der Waals surface area contributed by atoms with Gasteiger partial charge in [-0.05, 0) is 55.7 Å². The minimum Gasteiger partial charge on any atom is -0.497 e. The molecule has 9 heteroatoms. The van der Waals surface area contributed by atoms with E-state index < -0.39 is 10.0 Å². The van der Waals surface area contributed by atoms with Crippen molar-refractivity contribution >= 4 is 27.5 Å². The number of carbonyl (C=O) groups excluding carboxylic acids is 1. The number of hydrogen-bond acceptors (Lipinski definition) is 5. The third-order valence-electron chi connectivity index (χ3n) is 5.56. The summed E-state index contributed by atoms with van der Waals surface area (Å²) >= 11 is 6.09. The van der Waals surface area contributed by atoms with E-state index in [1.807, 2.05) is 31.2 Å². The Morgan fingerprint density at radius 2 is 1.74 bits per heavy atom. The Kier molecular flexibility index (Phi) is 7.46. The Bertz CT molecular complexity index is 1020. The fourth-order valence-electron chi connectivity index (χ4n) is 3.62. The van der Waals surface area contributed by atoms with Crippen molar-refractivity contribution in [3.05, 3.63) is 53.1 Å². The van der Waals surface area contributed by atoms with Gasteiger partial charge in [-0.3, -0.25) is 4.79 Å². The zero-order valence-electron chi connectivity index (χ0n) is 17.8. The molecule has 2 aromatic carbocycles. The maximum atomic E-state index is 12.9. The van der Waals surface area contributed by atoms with Crippen molar-refractivity contribution < 1.29 is 22.7 Å². The molecule has 1 saturated heterocycles. The van der Waals surface area contributed by atoms with Crippen LogP contribution in [0.4, 0.5) is 0 Å². The molecule has 3 rings (SSSR count). The SMILES string of the molecule is COc1ccc(C(C)NC(=O)C2CCN(S(=O)(=O)c3ccc(OC)c(Cl)c3)CC2)cc1. The zero-order chi connectivity index (χ0) is 22.6. The van der Waals surface area contributed by atoms with Crippen molar-refractivity contribution in [2.24, 2.45) is 5.92 Å². The molecule has 1 amide bonds. The monoisotopic (exact) mass is 466 g/mol. The molecule has 0 saturated carbocycles. The third kappa shape index (κ3) is 5.31. The standard InChI is InChI=1S/C22H27ClN2O5S/c1-15(16-4-6-18(29-2)7-5-16)24-22(26)17-10-12-25(13-11-17)31(27,28)19-8-9-21(30-3)20(23)14-19/h4-9,14-15,17H,10-13H2,1-3H3,(H,24,26). The smallest absolute Gasteiger partial charge is 0.243 e. The first-order valence-electron chi connectivity index (χ1n) is 10.0. The predicted molar refractivity (Wildman–Crippen MR) is 119 cm³/mol. The number of benzene rings is 2. The van der Waals surface area contributed by atoms with E-state index in [1.54, 1.807) is 7.11 Å². The van der Waals surface area contributed by atoms with Gasteiger partial charge in [-0.1, -0.05) is 23.7 Å². The van der Waals surface area contributed by atoms with Crippen molar-refractivity contribution in [2.45, 2.75) is 30.7 Å². The molecule has 7 nitrogen and oxygen atoms in total. The minimum absolute atomic E-state index is 0.0622. The number of piperidine rings is 1. The number of sulfonamides is 1. The molecule has 1 heterocycles. The van der Waals surface area contributed by atoms with Crippen LogP contribution in [-0.4, -0.2) is 45.9 Å². The summed E-state index contributed by atoms with van der Waals surface area (Å²) in [6, 6.07) is 11.8. The molecule has 1 N–H and O–H groups in total. The van der Waals surface area contributed by atoms with E-state index in [0.29, 0.717) is 18.6 Å². The van der Waals surface area contributed by atoms with Crippen molar-refractivity contribution in [2.75, 3.05) is 27.3 Å². The summed E-state index contributed by atoms with van der Waals surface area (Å²) in [6.07, 6.45) is 0.925. The summed E-state index contributed by atoms with van der Waals surface area (Å²) < 4.78 is 37.5. The van der Waals surface area contributed by atoms with Crippen molar-refractivity contribution in [3.8, 4) is 11.5 Å². The highest BCUT2D eigenvalue weighted by Crippen LogP contribution is 2.30. The van der Waals surface area contributed by atoms with Crippen LogP contribution in [0.15, 0.2) is 47.4 Å². The van der Waals surface area contributed by atoms with Gasteiger partial charge < -0.3 is 14.8 Å². The number of nitrogens with one attached hydrogen (secondary N) is 1. The fourth-order valence-corrected chi connectivity index (χ4v) is 5.44. The number of hydrogen-bond donors (Lipinski definition) is 1. The van der Waals surface area contributed by atoms with Crippen LogP contribution < -0.4 is 14.8 Å². The van der Waals surface area contributed by atoms with Gasteiger partial charge in [0.05, 0.1) is 30.2 Å². The summed E-state index contributed by atoms with van der Waals surface area (Å²) in [7, 11) is -0.601. The molecule has 0 aromatic heterocycles. The highest BCUT2D eigenvalue weighted by Gasteiger charge is 2.32. The van der Waals surface area contributed by atoms with E-state index in [9.17, 15) is 13.2 Å². The normalized spacial score (nSPS) is 16.5. The Balaban J connectivity index is 1.59. The zero-order valence-corrected chi connectivity index (χ0v) is 19.4. The Morgan fingerprint density at radius 3 is 2.29 bits per heavy atom. The van der Waals surface area contributed by atoms with Gasteiger partial charge in [0.2, 0.25) is 15.9 Å². The van der Waals surface area contributed by atoms with Gasteiger partial charge in [0.15, 0.2) is 0 Å². The second-order valence-electron chi connectivity index (χ2n) is 7.48. The second kappa shape index (κ2) is 9.89. The van der Waals surface area contributed by atoms with Crippen molar-refractivity contribution in [1.29, 1.82) is 0 Å². The molecule has 31 heavy (non-hydrogen) atoms. The van der Waals surface area contributed by atoms with E-state index in [-0.39, 0.29) is 40.9 Å². The van der Waals surface area contributed by atoms with Crippen LogP contribution in [0.2, 0.25) is 5.02 Å². The lowest BCUT2D eigenvalue weighted by Gasteiger charge is -2.31. The first kappa shape index (κ1) is 23.4. The van der Waals surface area contributed by atoms with Gasteiger partial charge in [0.1, 0.15) is 11.5 Å². The van der Waals surface area contributed by atoms with Crippen LogP contribution in [0, 0.1) is 5.92 Å². The number of rotatable bonds is 7. The molecule has 0 aliphatic carbocycles. The topological polar surface area (TPSA) is 84.9 Å². The maximum absolute atomic E-state index is 12.9. The van der Waals surface area contributed by atoms with E-state index >= 15 is 0 Å². The van der Waals surface area contributed by atoms with Crippen molar-refractivity contribution in [1.82, 2.24) is 9.62 Å². The number of ether oxygens (including phenoxy) is 2. The van der Waals surface area contributed by atoms with Gasteiger partial charge in [-0.2, -0.15) is 4.31 Å². The van der Waals surface area contributed by atoms with E-state index in [0.717, 1.165) is 11.3 Å². The van der Waals surface area contributed by atoms with Gasteiger partial charge in [-0.25, -0.2) is 8.42 Å². The maximum Gasteiger partial charge on any atom is 0.243 e. The molecule has 0 radical (unpaired) electrons. The van der Waals surface area contributed by atoms with E-state index in [1.165, 1.54) is 29.6 Å². The fraction of sp³-hybridized carbons (Fsp3) is 0.409. The summed E-state index contributed by atoms with van der Waals surface area (Å²) in [5.41, 5.74) is 0.977. The number of nitrogens with zero attached hydrogens (tertiary/aromatic N) is 1. The largest absolute Gasteiger partial charge is 0.497 e. The van der Waals surface area contributed by atoms with Crippen LogP contribution in [0.5, 0.6) is 11.5 Å². The van der Waals surface area contributed by atoms with Gasteiger partial charge in [0.25, 0.3) is 0 Å². The lowest BCUT2D eigenvalue weighted by molar-refractivity contribution is -0.126. The minimum atomic E-state index is -3.68. The molecule has 1 aliphatic rings. The molecule has 168 valence electrons. The average Bonchev–Trinajstić information content (AvgIpc) is 2.79. The quantitative estimate of drug-likeness (QED) is 0.673. The molecular formula is C22H27ClN2O5S. The van der Waals surface area contributed by atoms with Crippen LogP contribution in [0.3, 0.4) is 0 Å². The predicted octanol–water partition coefficient (Wildman–Crippen LogP) is 3.64. The number of amides is 1. The molecule has 2 aromatic rings. The molecule has 1 aliphatic heterocycles. The van der Waals surface area contributed by atoms with Crippen LogP contribution in [0.25, 0.3) is 0 Å². The number of halogens is 1. The first-order valence-corrected chi connectivity index (χ1v) is 11.9. The first-order chi connectivity index (χ1) is 14.8. The van der Waals surface area contributed by atoms with Gasteiger partial charge >= 0.3 is 0 Å². The van der Waals surface area contributed by atoms with Crippen molar-refractivity contribution in [3.63, 3.8) is 0 Å².